The van der Waals surface area contributed by atoms with E-state index in [2.05, 4.69) is 16.8 Å². The van der Waals surface area contributed by atoms with Gasteiger partial charge < -0.3 is 25.8 Å². The molecular weight excluding hydrogens is 330 g/mol. The zero-order valence-electron chi connectivity index (χ0n) is 15.4. The molecule has 0 spiro atoms. The maximum Gasteiger partial charge on any atom is 0.125 e. The molecule has 3 rings (SSSR count). The minimum absolute atomic E-state index is 0.0880. The van der Waals surface area contributed by atoms with Crippen LogP contribution in [0.25, 0.3) is 0 Å². The summed E-state index contributed by atoms with van der Waals surface area (Å²) in [6, 6.07) is 5.39. The zero-order chi connectivity index (χ0) is 18.7. The first-order chi connectivity index (χ1) is 12.4. The number of benzene rings is 1. The topological polar surface area (TPSA) is 110 Å². The highest BCUT2D eigenvalue weighted by Gasteiger charge is 2.40. The molecule has 1 saturated heterocycles. The van der Waals surface area contributed by atoms with E-state index in [-0.39, 0.29) is 11.3 Å². The Morgan fingerprint density at radius 3 is 2.65 bits per heavy atom. The van der Waals surface area contributed by atoms with Crippen LogP contribution in [0.4, 0.5) is 5.69 Å². The van der Waals surface area contributed by atoms with E-state index in [1.54, 1.807) is 25.3 Å². The molecule has 7 heteroatoms. The second kappa shape index (κ2) is 7.37. The van der Waals surface area contributed by atoms with E-state index in [4.69, 9.17) is 26.4 Å². The monoisotopic (exact) mass is 357 g/mol. The van der Waals surface area contributed by atoms with Crippen molar-refractivity contribution in [3.8, 4) is 5.75 Å². The molecule has 0 unspecified atom stereocenters. The van der Waals surface area contributed by atoms with Crippen molar-refractivity contribution in [1.82, 2.24) is 4.90 Å². The van der Waals surface area contributed by atoms with E-state index in [9.17, 15) is 0 Å². The number of allylic oxidation sites excluding steroid dienone is 1. The summed E-state index contributed by atoms with van der Waals surface area (Å²) in [5.41, 5.74) is 13.7. The number of hydrogen-bond acceptors (Lipinski definition) is 6. The second-order valence-electron chi connectivity index (χ2n) is 6.96. The van der Waals surface area contributed by atoms with Crippen LogP contribution >= 0.6 is 0 Å². The molecule has 2 fully saturated rings. The van der Waals surface area contributed by atoms with E-state index >= 15 is 0 Å². The normalized spacial score (nSPS) is 20.0. The fourth-order valence-electron chi connectivity index (χ4n) is 2.83. The molecule has 2 aliphatic rings. The first-order valence-corrected chi connectivity index (χ1v) is 8.86. The fraction of sp³-hybridized carbons (Fsp3) is 0.474. The molecule has 0 atom stereocenters. The third kappa shape index (κ3) is 4.16. The lowest BCUT2D eigenvalue weighted by Gasteiger charge is -2.28. The molecule has 0 amide bonds. The zero-order valence-corrected chi connectivity index (χ0v) is 15.4. The Labute approximate surface area is 154 Å². The van der Waals surface area contributed by atoms with Gasteiger partial charge in [-0.2, -0.15) is 0 Å². The molecule has 140 valence electrons. The molecule has 0 aromatic heterocycles. The van der Waals surface area contributed by atoms with E-state index < -0.39 is 0 Å². The van der Waals surface area contributed by atoms with Crippen LogP contribution < -0.4 is 16.2 Å². The highest BCUT2D eigenvalue weighted by molar-refractivity contribution is 6.15. The molecule has 1 aliphatic carbocycles. The summed E-state index contributed by atoms with van der Waals surface area (Å²) in [6.45, 7) is 4.92. The number of nitrogens with one attached hydrogen (secondary N) is 1. The molecule has 26 heavy (non-hydrogen) atoms. The van der Waals surface area contributed by atoms with Crippen LogP contribution in [0.1, 0.15) is 25.3 Å². The van der Waals surface area contributed by atoms with Gasteiger partial charge in [0.1, 0.15) is 17.2 Å². The lowest BCUT2D eigenvalue weighted by Crippen LogP contribution is -2.40. The van der Waals surface area contributed by atoms with Crippen LogP contribution in [0.3, 0.4) is 0 Å². The van der Waals surface area contributed by atoms with Gasteiger partial charge in [0.2, 0.25) is 0 Å². The van der Waals surface area contributed by atoms with Crippen molar-refractivity contribution in [3.05, 3.63) is 35.5 Å². The second-order valence-corrected chi connectivity index (χ2v) is 6.96. The number of hydrogen-bond donors (Lipinski definition) is 3. The fourth-order valence-corrected chi connectivity index (χ4v) is 2.83. The molecule has 0 bridgehead atoms. The van der Waals surface area contributed by atoms with Gasteiger partial charge >= 0.3 is 0 Å². The van der Waals surface area contributed by atoms with Crippen LogP contribution in [0.5, 0.6) is 5.75 Å². The summed E-state index contributed by atoms with van der Waals surface area (Å²) < 4.78 is 11.3. The van der Waals surface area contributed by atoms with Gasteiger partial charge in [-0.05, 0) is 38.0 Å². The standard InChI is InChI=1S/C19H27N5O2/c1-19(5-6-19)26-13-3-4-15(20)14(11-13)18(22)16(21)12-17(23-2)24-7-9-25-10-8-24/h3-4,11-12,22H,5-10,20-21H2,1-2H3. The first-order valence-electron chi connectivity index (χ1n) is 8.86. The number of aliphatic imine (C=N–C) groups is 1. The van der Waals surface area contributed by atoms with Crippen molar-refractivity contribution in [3.63, 3.8) is 0 Å². The van der Waals surface area contributed by atoms with Crippen molar-refractivity contribution >= 4 is 17.2 Å². The molecule has 1 saturated carbocycles. The van der Waals surface area contributed by atoms with Crippen molar-refractivity contribution < 1.29 is 9.47 Å². The van der Waals surface area contributed by atoms with Crippen LogP contribution in [0.15, 0.2) is 35.0 Å². The van der Waals surface area contributed by atoms with Crippen molar-refractivity contribution in [1.29, 1.82) is 5.41 Å². The Morgan fingerprint density at radius 2 is 2.04 bits per heavy atom. The molecule has 1 aromatic rings. The Balaban J connectivity index is 1.79. The van der Waals surface area contributed by atoms with Gasteiger partial charge in [0.25, 0.3) is 0 Å². The maximum atomic E-state index is 8.48. The van der Waals surface area contributed by atoms with Gasteiger partial charge in [-0.1, -0.05) is 0 Å². The van der Waals surface area contributed by atoms with Gasteiger partial charge in [-0.15, -0.1) is 0 Å². The average molecular weight is 357 g/mol. The van der Waals surface area contributed by atoms with Crippen LogP contribution in [-0.2, 0) is 4.74 Å². The Morgan fingerprint density at radius 1 is 1.35 bits per heavy atom. The van der Waals surface area contributed by atoms with Crippen LogP contribution in [0.2, 0.25) is 0 Å². The smallest absolute Gasteiger partial charge is 0.125 e. The molecule has 1 heterocycles. The summed E-state index contributed by atoms with van der Waals surface area (Å²) >= 11 is 0. The SMILES string of the molecule is CN=C(C=C(N)C(=N)c1cc(OC2(C)CC2)ccc1N)N1CCOCC1. The number of nitrogen functional groups attached to an aromatic ring is 1. The summed E-state index contributed by atoms with van der Waals surface area (Å²) in [5, 5.41) is 8.48. The number of amidine groups is 1. The third-order valence-electron chi connectivity index (χ3n) is 4.75. The van der Waals surface area contributed by atoms with Gasteiger partial charge in [0.05, 0.1) is 24.6 Å². The summed E-state index contributed by atoms with van der Waals surface area (Å²) in [6.07, 6.45) is 3.81. The minimum atomic E-state index is -0.0880. The Bertz CT molecular complexity index is 746. The van der Waals surface area contributed by atoms with Gasteiger partial charge in [-0.3, -0.25) is 10.4 Å². The van der Waals surface area contributed by atoms with E-state index in [1.165, 1.54) is 0 Å². The van der Waals surface area contributed by atoms with Gasteiger partial charge in [-0.25, -0.2) is 0 Å². The van der Waals surface area contributed by atoms with Crippen LogP contribution in [-0.4, -0.2) is 55.4 Å². The highest BCUT2D eigenvalue weighted by Crippen LogP contribution is 2.40. The average Bonchev–Trinajstić information content (AvgIpc) is 3.38. The van der Waals surface area contributed by atoms with Crippen molar-refractivity contribution in [2.75, 3.05) is 39.1 Å². The lowest BCUT2D eigenvalue weighted by molar-refractivity contribution is 0.0684. The molecular formula is C19H27N5O2. The molecule has 1 aliphatic heterocycles. The molecule has 5 N–H and O–H groups in total. The van der Waals surface area contributed by atoms with E-state index in [0.29, 0.717) is 35.9 Å². The van der Waals surface area contributed by atoms with E-state index in [0.717, 1.165) is 31.8 Å². The summed E-state index contributed by atoms with van der Waals surface area (Å²) in [7, 11) is 1.72. The number of morpholine rings is 1. The maximum absolute atomic E-state index is 8.48. The van der Waals surface area contributed by atoms with Crippen LogP contribution in [0, 0.1) is 5.41 Å². The number of rotatable bonds is 5. The van der Waals surface area contributed by atoms with Gasteiger partial charge in [0.15, 0.2) is 0 Å². The lowest BCUT2D eigenvalue weighted by atomic mass is 10.0. The Hall–Kier alpha value is -2.54. The predicted molar refractivity (Wildman–Crippen MR) is 104 cm³/mol. The molecule has 0 radical (unpaired) electrons. The largest absolute Gasteiger partial charge is 0.488 e. The first kappa shape index (κ1) is 18.3. The number of anilines is 1. The number of nitrogens with two attached hydrogens (primary N) is 2. The minimum Gasteiger partial charge on any atom is -0.488 e. The molecule has 7 nitrogen and oxygen atoms in total. The third-order valence-corrected chi connectivity index (χ3v) is 4.75. The Kier molecular flexibility index (Phi) is 5.18. The van der Waals surface area contributed by atoms with E-state index in [1.807, 2.05) is 6.07 Å². The van der Waals surface area contributed by atoms with Crippen molar-refractivity contribution in [2.24, 2.45) is 10.7 Å². The van der Waals surface area contributed by atoms with Gasteiger partial charge in [0, 0.05) is 37.5 Å². The highest BCUT2D eigenvalue weighted by atomic mass is 16.5. The van der Waals surface area contributed by atoms with Crippen molar-refractivity contribution in [2.45, 2.75) is 25.4 Å². The quantitative estimate of drug-likeness (QED) is 0.423. The number of ether oxygens (including phenoxy) is 2. The summed E-state index contributed by atoms with van der Waals surface area (Å²) in [4.78, 5) is 6.40. The summed E-state index contributed by atoms with van der Waals surface area (Å²) in [5.74, 6) is 1.45. The number of nitrogens with zero attached hydrogens (tertiary/aromatic N) is 2. The predicted octanol–water partition coefficient (Wildman–Crippen LogP) is 1.77. The molecule has 1 aromatic carbocycles.